The minimum absolute atomic E-state index is 0.314. The fourth-order valence-corrected chi connectivity index (χ4v) is 3.19. The second kappa shape index (κ2) is 7.95. The Labute approximate surface area is 175 Å². The van der Waals surface area contributed by atoms with E-state index in [4.69, 9.17) is 27.6 Å². The van der Waals surface area contributed by atoms with Crippen molar-refractivity contribution in [1.29, 1.82) is 0 Å². The Hall–Kier alpha value is -3.35. The molecular formula is C21H13Cl2N3O3. The summed E-state index contributed by atoms with van der Waals surface area (Å²) >= 11 is 12.2. The number of benzene rings is 2. The van der Waals surface area contributed by atoms with Gasteiger partial charge in [-0.15, -0.1) is 0 Å². The van der Waals surface area contributed by atoms with Gasteiger partial charge in [0.05, 0.1) is 23.0 Å². The predicted octanol–water partition coefficient (Wildman–Crippen LogP) is 6.96. The lowest BCUT2D eigenvalue weighted by atomic mass is 10.1. The molecule has 0 amide bonds. The number of hydrogen-bond donors (Lipinski definition) is 1. The summed E-state index contributed by atoms with van der Waals surface area (Å²) in [5.74, 6) is 0.0419. The molecule has 0 saturated heterocycles. The molecule has 144 valence electrons. The van der Waals surface area contributed by atoms with Crippen LogP contribution >= 0.6 is 23.2 Å². The van der Waals surface area contributed by atoms with Crippen molar-refractivity contribution in [3.63, 3.8) is 0 Å². The van der Waals surface area contributed by atoms with E-state index in [1.54, 1.807) is 30.4 Å². The number of fused-ring (bicyclic) bond motifs is 1. The molecule has 2 aromatic carbocycles. The molecule has 0 aliphatic heterocycles. The molecule has 0 bridgehead atoms. The first-order chi connectivity index (χ1) is 14.0. The van der Waals surface area contributed by atoms with Gasteiger partial charge in [-0.25, -0.2) is 4.98 Å². The Kier molecular flexibility index (Phi) is 5.20. The summed E-state index contributed by atoms with van der Waals surface area (Å²) in [5, 5.41) is 16.2. The fraction of sp³-hybridized carbons (Fsp3) is 0. The molecule has 4 rings (SSSR count). The van der Waals surface area contributed by atoms with Gasteiger partial charge in [0.25, 0.3) is 0 Å². The molecule has 6 nitrogen and oxygen atoms in total. The van der Waals surface area contributed by atoms with Crippen molar-refractivity contribution in [2.75, 3.05) is 5.32 Å². The van der Waals surface area contributed by atoms with Crippen molar-refractivity contribution >= 4 is 63.5 Å². The molecule has 0 aliphatic carbocycles. The third-order valence-corrected chi connectivity index (χ3v) is 4.58. The van der Waals surface area contributed by atoms with Gasteiger partial charge in [-0.05, 0) is 60.7 Å². The standard InChI is InChI=1S/C21H13Cl2N3O3/c22-13-2-1-3-15(10-13)24-20-12-16(25-19-11-14(23)4-8-18(19)20)5-6-17-7-9-21(29-17)26(27)28/h1-12H,(H,24,25). The topological polar surface area (TPSA) is 81.2 Å². The lowest BCUT2D eigenvalue weighted by molar-refractivity contribution is -0.402. The molecule has 0 saturated carbocycles. The molecule has 0 aliphatic rings. The van der Waals surface area contributed by atoms with E-state index in [2.05, 4.69) is 10.3 Å². The van der Waals surface area contributed by atoms with Crippen LogP contribution in [-0.4, -0.2) is 9.91 Å². The van der Waals surface area contributed by atoms with Gasteiger partial charge >= 0.3 is 5.88 Å². The van der Waals surface area contributed by atoms with Crippen molar-refractivity contribution in [3.05, 3.63) is 92.3 Å². The van der Waals surface area contributed by atoms with Crippen molar-refractivity contribution in [1.82, 2.24) is 4.98 Å². The molecule has 4 aromatic rings. The van der Waals surface area contributed by atoms with Crippen molar-refractivity contribution in [2.45, 2.75) is 0 Å². The zero-order valence-corrected chi connectivity index (χ0v) is 16.3. The molecule has 0 atom stereocenters. The Balaban J connectivity index is 1.73. The first-order valence-electron chi connectivity index (χ1n) is 8.53. The summed E-state index contributed by atoms with van der Waals surface area (Å²) in [5.41, 5.74) is 2.98. The van der Waals surface area contributed by atoms with Gasteiger partial charge in [0.1, 0.15) is 10.7 Å². The first kappa shape index (κ1) is 19.0. The molecule has 0 radical (unpaired) electrons. The molecule has 0 unspecified atom stereocenters. The zero-order valence-electron chi connectivity index (χ0n) is 14.8. The number of nitrogens with one attached hydrogen (secondary N) is 1. The van der Waals surface area contributed by atoms with E-state index >= 15 is 0 Å². The van der Waals surface area contributed by atoms with E-state index in [9.17, 15) is 10.1 Å². The second-order valence-electron chi connectivity index (χ2n) is 6.16. The lowest BCUT2D eigenvalue weighted by Gasteiger charge is -2.11. The van der Waals surface area contributed by atoms with Gasteiger partial charge in [0.2, 0.25) is 0 Å². The third kappa shape index (κ3) is 4.39. The number of pyridine rings is 1. The molecular weight excluding hydrogens is 413 g/mol. The number of nitrogens with zero attached hydrogens (tertiary/aromatic N) is 2. The van der Waals surface area contributed by atoms with Gasteiger partial charge in [-0.1, -0.05) is 29.3 Å². The van der Waals surface area contributed by atoms with E-state index in [0.717, 1.165) is 16.8 Å². The fourth-order valence-electron chi connectivity index (χ4n) is 2.83. The summed E-state index contributed by atoms with van der Waals surface area (Å²) in [6, 6.07) is 17.5. The van der Waals surface area contributed by atoms with Crippen LogP contribution in [0, 0.1) is 10.1 Å². The van der Waals surface area contributed by atoms with E-state index in [1.165, 1.54) is 12.1 Å². The highest BCUT2D eigenvalue weighted by Crippen LogP contribution is 2.30. The highest BCUT2D eigenvalue weighted by molar-refractivity contribution is 6.31. The van der Waals surface area contributed by atoms with Crippen LogP contribution in [0.2, 0.25) is 10.0 Å². The zero-order chi connectivity index (χ0) is 20.4. The molecule has 1 N–H and O–H groups in total. The van der Waals surface area contributed by atoms with Crippen LogP contribution in [0.3, 0.4) is 0 Å². The second-order valence-corrected chi connectivity index (χ2v) is 7.03. The maximum absolute atomic E-state index is 10.8. The Morgan fingerprint density at radius 1 is 1.00 bits per heavy atom. The Bertz CT molecular complexity index is 1250. The van der Waals surface area contributed by atoms with Crippen LogP contribution < -0.4 is 5.32 Å². The Morgan fingerprint density at radius 3 is 2.59 bits per heavy atom. The number of anilines is 2. The monoisotopic (exact) mass is 425 g/mol. The quantitative estimate of drug-likeness (QED) is 0.276. The van der Waals surface area contributed by atoms with Crippen LogP contribution in [0.25, 0.3) is 23.1 Å². The molecule has 0 fully saturated rings. The molecule has 2 heterocycles. The van der Waals surface area contributed by atoms with Gasteiger partial charge < -0.3 is 9.73 Å². The van der Waals surface area contributed by atoms with Crippen LogP contribution in [0.4, 0.5) is 17.3 Å². The number of halogens is 2. The number of furan rings is 1. The summed E-state index contributed by atoms with van der Waals surface area (Å²) in [6.07, 6.45) is 3.33. The van der Waals surface area contributed by atoms with Crippen LogP contribution in [0.1, 0.15) is 11.5 Å². The largest absolute Gasteiger partial charge is 0.433 e. The summed E-state index contributed by atoms with van der Waals surface area (Å²) in [7, 11) is 0. The minimum atomic E-state index is -0.583. The third-order valence-electron chi connectivity index (χ3n) is 4.11. The highest BCUT2D eigenvalue weighted by Gasteiger charge is 2.10. The predicted molar refractivity (Wildman–Crippen MR) is 116 cm³/mol. The van der Waals surface area contributed by atoms with E-state index < -0.39 is 4.92 Å². The van der Waals surface area contributed by atoms with E-state index in [0.29, 0.717) is 27.0 Å². The van der Waals surface area contributed by atoms with Crippen LogP contribution in [-0.2, 0) is 0 Å². The number of rotatable bonds is 5. The smallest absolute Gasteiger partial charge is 0.401 e. The van der Waals surface area contributed by atoms with Crippen LogP contribution in [0.5, 0.6) is 0 Å². The lowest BCUT2D eigenvalue weighted by Crippen LogP contribution is -1.95. The average molecular weight is 426 g/mol. The summed E-state index contributed by atoms with van der Waals surface area (Å²) < 4.78 is 5.15. The van der Waals surface area contributed by atoms with Crippen molar-refractivity contribution in [3.8, 4) is 0 Å². The number of nitro groups is 1. The molecule has 2 aromatic heterocycles. The summed E-state index contributed by atoms with van der Waals surface area (Å²) in [4.78, 5) is 14.8. The SMILES string of the molecule is O=[N+]([O-])c1ccc(C=Cc2cc(Nc3cccc(Cl)c3)c3ccc(Cl)cc3n2)o1. The van der Waals surface area contributed by atoms with Gasteiger partial charge in [0.15, 0.2) is 0 Å². The van der Waals surface area contributed by atoms with Gasteiger partial charge in [-0.3, -0.25) is 10.1 Å². The van der Waals surface area contributed by atoms with Crippen molar-refractivity contribution < 1.29 is 9.34 Å². The first-order valence-corrected chi connectivity index (χ1v) is 9.29. The number of hydrogen-bond acceptors (Lipinski definition) is 5. The van der Waals surface area contributed by atoms with Crippen LogP contribution in [0.15, 0.2) is 65.1 Å². The minimum Gasteiger partial charge on any atom is -0.401 e. The van der Waals surface area contributed by atoms with Gasteiger partial charge in [-0.2, -0.15) is 0 Å². The summed E-state index contributed by atoms with van der Waals surface area (Å²) in [6.45, 7) is 0. The normalized spacial score (nSPS) is 11.2. The maximum Gasteiger partial charge on any atom is 0.433 e. The molecule has 29 heavy (non-hydrogen) atoms. The maximum atomic E-state index is 10.8. The average Bonchev–Trinajstić information content (AvgIpc) is 3.15. The van der Waals surface area contributed by atoms with Gasteiger partial charge in [0, 0.05) is 21.1 Å². The van der Waals surface area contributed by atoms with E-state index in [1.807, 2.05) is 30.3 Å². The molecule has 0 spiro atoms. The highest BCUT2D eigenvalue weighted by atomic mass is 35.5. The Morgan fingerprint density at radius 2 is 1.83 bits per heavy atom. The number of aromatic nitrogens is 1. The van der Waals surface area contributed by atoms with E-state index in [-0.39, 0.29) is 5.88 Å². The van der Waals surface area contributed by atoms with Crippen molar-refractivity contribution in [2.24, 2.45) is 0 Å². The molecule has 8 heteroatoms.